The molecular weight excluding hydrogens is 254 g/mol. The van der Waals surface area contributed by atoms with Crippen LogP contribution in [0.25, 0.3) is 0 Å². The average molecular weight is 281 g/mol. The molecule has 0 aromatic rings. The summed E-state index contributed by atoms with van der Waals surface area (Å²) >= 11 is 0. The van der Waals surface area contributed by atoms with Crippen molar-refractivity contribution in [1.82, 2.24) is 4.90 Å². The second-order valence-corrected chi connectivity index (χ2v) is 6.89. The van der Waals surface area contributed by atoms with E-state index in [1.54, 1.807) is 4.90 Å². The molecule has 114 valence electrons. The number of carboxylic acid groups (broad SMARTS) is 1. The summed E-state index contributed by atoms with van der Waals surface area (Å²) in [6.07, 6.45) is 7.31. The molecule has 0 aromatic heterocycles. The zero-order valence-electron chi connectivity index (χ0n) is 12.7. The monoisotopic (exact) mass is 281 g/mol. The van der Waals surface area contributed by atoms with Gasteiger partial charge in [0.2, 0.25) is 5.91 Å². The average Bonchev–Trinajstić information content (AvgIpc) is 2.86. The number of amides is 1. The standard InChI is InChI=1S/C16H27NO3/c1-12(2)16(15(19)20)8-9-17(11-16)14(18)10-13-6-4-3-5-7-13/h12-13H,3-11H2,1-2H3,(H,19,20). The summed E-state index contributed by atoms with van der Waals surface area (Å²) in [6.45, 7) is 4.90. The van der Waals surface area contributed by atoms with E-state index >= 15 is 0 Å². The van der Waals surface area contributed by atoms with Crippen molar-refractivity contribution in [2.75, 3.05) is 13.1 Å². The summed E-state index contributed by atoms with van der Waals surface area (Å²) in [5, 5.41) is 9.52. The highest BCUT2D eigenvalue weighted by atomic mass is 16.4. The molecule has 0 aromatic carbocycles. The van der Waals surface area contributed by atoms with Crippen molar-refractivity contribution in [3.63, 3.8) is 0 Å². The van der Waals surface area contributed by atoms with Gasteiger partial charge >= 0.3 is 5.97 Å². The van der Waals surface area contributed by atoms with E-state index in [-0.39, 0.29) is 11.8 Å². The third kappa shape index (κ3) is 2.99. The fourth-order valence-electron chi connectivity index (χ4n) is 3.71. The van der Waals surface area contributed by atoms with Gasteiger partial charge in [-0.2, -0.15) is 0 Å². The first kappa shape index (κ1) is 15.3. The minimum Gasteiger partial charge on any atom is -0.481 e. The molecule has 0 spiro atoms. The number of carboxylic acids is 1. The topological polar surface area (TPSA) is 57.6 Å². The van der Waals surface area contributed by atoms with Gasteiger partial charge in [0.25, 0.3) is 0 Å². The van der Waals surface area contributed by atoms with Crippen molar-refractivity contribution < 1.29 is 14.7 Å². The Bertz CT molecular complexity index is 374. The third-order valence-electron chi connectivity index (χ3n) is 5.37. The Morgan fingerprint density at radius 2 is 1.90 bits per heavy atom. The van der Waals surface area contributed by atoms with E-state index in [4.69, 9.17) is 0 Å². The molecule has 1 saturated carbocycles. The molecule has 2 fully saturated rings. The van der Waals surface area contributed by atoms with Gasteiger partial charge in [-0.25, -0.2) is 0 Å². The number of aliphatic carboxylic acids is 1. The van der Waals surface area contributed by atoms with Gasteiger partial charge in [-0.3, -0.25) is 9.59 Å². The van der Waals surface area contributed by atoms with E-state index in [0.29, 0.717) is 31.8 Å². The van der Waals surface area contributed by atoms with E-state index in [0.717, 1.165) is 12.8 Å². The first-order valence-electron chi connectivity index (χ1n) is 7.97. The molecule has 1 aliphatic heterocycles. The Morgan fingerprint density at radius 1 is 1.25 bits per heavy atom. The summed E-state index contributed by atoms with van der Waals surface area (Å²) in [5.74, 6) is 0.00347. The molecule has 1 aliphatic carbocycles. The Balaban J connectivity index is 1.94. The zero-order chi connectivity index (χ0) is 14.8. The van der Waals surface area contributed by atoms with E-state index in [9.17, 15) is 14.7 Å². The lowest BCUT2D eigenvalue weighted by atomic mass is 9.76. The number of hydrogen-bond donors (Lipinski definition) is 1. The molecule has 0 radical (unpaired) electrons. The molecule has 1 saturated heterocycles. The minimum absolute atomic E-state index is 0.0625. The second-order valence-electron chi connectivity index (χ2n) is 6.89. The lowest BCUT2D eigenvalue weighted by Crippen LogP contribution is -2.41. The maximum absolute atomic E-state index is 12.4. The number of hydrogen-bond acceptors (Lipinski definition) is 2. The number of rotatable bonds is 4. The number of carbonyl (C=O) groups excluding carboxylic acids is 1. The van der Waals surface area contributed by atoms with Crippen LogP contribution in [0.2, 0.25) is 0 Å². The molecule has 1 unspecified atom stereocenters. The van der Waals surface area contributed by atoms with Crippen molar-refractivity contribution >= 4 is 11.9 Å². The smallest absolute Gasteiger partial charge is 0.311 e. The SMILES string of the molecule is CC(C)C1(C(=O)O)CCN(C(=O)CC2CCCCC2)C1. The van der Waals surface area contributed by atoms with E-state index in [1.807, 2.05) is 13.8 Å². The molecule has 1 atom stereocenters. The molecule has 20 heavy (non-hydrogen) atoms. The van der Waals surface area contributed by atoms with Crippen molar-refractivity contribution in [3.05, 3.63) is 0 Å². The van der Waals surface area contributed by atoms with Gasteiger partial charge in [0.05, 0.1) is 5.41 Å². The molecule has 4 nitrogen and oxygen atoms in total. The third-order valence-corrected chi connectivity index (χ3v) is 5.37. The lowest BCUT2D eigenvalue weighted by Gasteiger charge is -2.29. The Morgan fingerprint density at radius 3 is 2.40 bits per heavy atom. The molecule has 2 rings (SSSR count). The second kappa shape index (κ2) is 6.15. The van der Waals surface area contributed by atoms with Crippen LogP contribution in [0.5, 0.6) is 0 Å². The Hall–Kier alpha value is -1.06. The summed E-state index contributed by atoms with van der Waals surface area (Å²) in [6, 6.07) is 0. The summed E-state index contributed by atoms with van der Waals surface area (Å²) in [5.41, 5.74) is -0.734. The van der Waals surface area contributed by atoms with Crippen molar-refractivity contribution in [2.24, 2.45) is 17.3 Å². The maximum atomic E-state index is 12.4. The van der Waals surface area contributed by atoms with E-state index in [1.165, 1.54) is 19.3 Å². The quantitative estimate of drug-likeness (QED) is 0.862. The van der Waals surface area contributed by atoms with Crippen LogP contribution >= 0.6 is 0 Å². The van der Waals surface area contributed by atoms with E-state index in [2.05, 4.69) is 0 Å². The predicted octanol–water partition coefficient (Wildman–Crippen LogP) is 2.92. The molecule has 1 heterocycles. The van der Waals surface area contributed by atoms with Crippen LogP contribution in [0, 0.1) is 17.3 Å². The Labute approximate surface area is 121 Å². The van der Waals surface area contributed by atoms with Crippen LogP contribution in [0.1, 0.15) is 58.8 Å². The highest BCUT2D eigenvalue weighted by Gasteiger charge is 2.48. The number of nitrogens with zero attached hydrogens (tertiary/aromatic N) is 1. The van der Waals surface area contributed by atoms with Gasteiger partial charge < -0.3 is 10.0 Å². The number of carbonyl (C=O) groups is 2. The van der Waals surface area contributed by atoms with Gasteiger partial charge in [0.15, 0.2) is 0 Å². The van der Waals surface area contributed by atoms with E-state index < -0.39 is 11.4 Å². The molecule has 1 N–H and O–H groups in total. The van der Waals surface area contributed by atoms with Crippen LogP contribution in [0.3, 0.4) is 0 Å². The first-order chi connectivity index (χ1) is 9.45. The fourth-order valence-corrected chi connectivity index (χ4v) is 3.71. The van der Waals surface area contributed by atoms with Crippen molar-refractivity contribution in [3.8, 4) is 0 Å². The van der Waals surface area contributed by atoms with Gasteiger partial charge in [-0.1, -0.05) is 33.1 Å². The highest BCUT2D eigenvalue weighted by molar-refractivity contribution is 5.81. The predicted molar refractivity (Wildman–Crippen MR) is 77.3 cm³/mol. The van der Waals surface area contributed by atoms with Crippen LogP contribution in [-0.4, -0.2) is 35.0 Å². The van der Waals surface area contributed by atoms with Crippen molar-refractivity contribution in [1.29, 1.82) is 0 Å². The zero-order valence-corrected chi connectivity index (χ0v) is 12.7. The lowest BCUT2D eigenvalue weighted by molar-refractivity contribution is -0.151. The van der Waals surface area contributed by atoms with Gasteiger partial charge in [0.1, 0.15) is 0 Å². The molecule has 1 amide bonds. The summed E-state index contributed by atoms with van der Waals surface area (Å²) < 4.78 is 0. The van der Waals surface area contributed by atoms with Crippen LogP contribution in [-0.2, 0) is 9.59 Å². The van der Waals surface area contributed by atoms with Gasteiger partial charge in [0, 0.05) is 19.5 Å². The largest absolute Gasteiger partial charge is 0.481 e. The van der Waals surface area contributed by atoms with Crippen LogP contribution in [0.4, 0.5) is 0 Å². The fraction of sp³-hybridized carbons (Fsp3) is 0.875. The highest BCUT2D eigenvalue weighted by Crippen LogP contribution is 2.39. The van der Waals surface area contributed by atoms with Crippen LogP contribution < -0.4 is 0 Å². The summed E-state index contributed by atoms with van der Waals surface area (Å²) in [7, 11) is 0. The molecular formula is C16H27NO3. The normalized spacial score (nSPS) is 28.1. The first-order valence-corrected chi connectivity index (χ1v) is 7.97. The van der Waals surface area contributed by atoms with Gasteiger partial charge in [-0.15, -0.1) is 0 Å². The number of likely N-dealkylation sites (tertiary alicyclic amines) is 1. The van der Waals surface area contributed by atoms with Crippen LogP contribution in [0.15, 0.2) is 0 Å². The molecule has 0 bridgehead atoms. The van der Waals surface area contributed by atoms with Crippen molar-refractivity contribution in [2.45, 2.75) is 58.8 Å². The molecule has 2 aliphatic rings. The minimum atomic E-state index is -0.750. The summed E-state index contributed by atoms with van der Waals surface area (Å²) in [4.78, 5) is 25.8. The maximum Gasteiger partial charge on any atom is 0.311 e. The molecule has 4 heteroatoms. The van der Waals surface area contributed by atoms with Gasteiger partial charge in [-0.05, 0) is 31.1 Å². The Kier molecular flexibility index (Phi) is 4.71.